The summed E-state index contributed by atoms with van der Waals surface area (Å²) in [5.74, 6) is 1.82. The third-order valence-electron chi connectivity index (χ3n) is 5.07. The lowest BCUT2D eigenvalue weighted by Crippen LogP contribution is -2.47. The maximum absolute atomic E-state index is 5.71. The summed E-state index contributed by atoms with van der Waals surface area (Å²) in [7, 11) is 0. The van der Waals surface area contributed by atoms with Crippen LogP contribution in [0.4, 0.5) is 0 Å². The number of nitrogens with zero attached hydrogens (tertiary/aromatic N) is 1. The largest absolute Gasteiger partial charge is 0.374 e. The van der Waals surface area contributed by atoms with Crippen LogP contribution < -0.4 is 5.73 Å². The van der Waals surface area contributed by atoms with Gasteiger partial charge >= 0.3 is 0 Å². The minimum atomic E-state index is 0.264. The van der Waals surface area contributed by atoms with Gasteiger partial charge in [0.2, 0.25) is 0 Å². The Bertz CT molecular complexity index is 266. The molecule has 1 saturated carbocycles. The second-order valence-electron chi connectivity index (χ2n) is 7.57. The van der Waals surface area contributed by atoms with E-state index >= 15 is 0 Å². The van der Waals surface area contributed by atoms with Gasteiger partial charge < -0.3 is 10.5 Å². The van der Waals surface area contributed by atoms with E-state index in [9.17, 15) is 0 Å². The Hall–Kier alpha value is -0.120. The van der Waals surface area contributed by atoms with Crippen molar-refractivity contribution in [2.24, 2.45) is 23.0 Å². The molecule has 0 spiro atoms. The van der Waals surface area contributed by atoms with E-state index in [1.165, 1.54) is 32.2 Å². The van der Waals surface area contributed by atoms with Gasteiger partial charge in [-0.25, -0.2) is 0 Å². The standard InChI is InChI=1S/C16H32N2O/c1-16(2,3)14-6-4-13(5-7-14)11-18-8-9-19-15(10-17)12-18/h13-15H,4-12,17H2,1-3H3. The number of nitrogens with two attached hydrogens (primary N) is 1. The Morgan fingerprint density at radius 2 is 1.84 bits per heavy atom. The van der Waals surface area contributed by atoms with Crippen LogP contribution in [0.3, 0.4) is 0 Å². The van der Waals surface area contributed by atoms with Gasteiger partial charge in [0.15, 0.2) is 0 Å². The summed E-state index contributed by atoms with van der Waals surface area (Å²) >= 11 is 0. The van der Waals surface area contributed by atoms with Crippen LogP contribution in [0.2, 0.25) is 0 Å². The van der Waals surface area contributed by atoms with Gasteiger partial charge in [-0.2, -0.15) is 0 Å². The first kappa shape index (κ1) is 15.3. The van der Waals surface area contributed by atoms with Gasteiger partial charge in [0.05, 0.1) is 12.7 Å². The quantitative estimate of drug-likeness (QED) is 0.854. The highest BCUT2D eigenvalue weighted by Gasteiger charge is 2.31. The zero-order valence-electron chi connectivity index (χ0n) is 13.0. The normalized spacial score (nSPS) is 34.4. The van der Waals surface area contributed by atoms with Crippen molar-refractivity contribution >= 4 is 0 Å². The average Bonchev–Trinajstić information content (AvgIpc) is 2.38. The van der Waals surface area contributed by atoms with Gasteiger partial charge in [-0.15, -0.1) is 0 Å². The lowest BCUT2D eigenvalue weighted by molar-refractivity contribution is -0.0308. The Balaban J connectivity index is 1.73. The molecule has 1 aliphatic heterocycles. The van der Waals surface area contributed by atoms with E-state index in [0.29, 0.717) is 12.0 Å². The van der Waals surface area contributed by atoms with Crippen LogP contribution in [0.5, 0.6) is 0 Å². The van der Waals surface area contributed by atoms with Gasteiger partial charge in [-0.1, -0.05) is 20.8 Å². The van der Waals surface area contributed by atoms with E-state index in [1.807, 2.05) is 0 Å². The molecule has 0 radical (unpaired) electrons. The molecule has 0 bridgehead atoms. The summed E-state index contributed by atoms with van der Waals surface area (Å²) in [6, 6.07) is 0. The zero-order chi connectivity index (χ0) is 13.9. The fourth-order valence-electron chi connectivity index (χ4n) is 3.67. The minimum Gasteiger partial charge on any atom is -0.374 e. The Labute approximate surface area is 118 Å². The van der Waals surface area contributed by atoms with Gasteiger partial charge in [0, 0.05) is 26.2 Å². The predicted octanol–water partition coefficient (Wildman–Crippen LogP) is 2.50. The molecule has 112 valence electrons. The molecule has 3 heteroatoms. The highest BCUT2D eigenvalue weighted by Crippen LogP contribution is 2.39. The number of morpholine rings is 1. The van der Waals surface area contributed by atoms with Crippen molar-refractivity contribution < 1.29 is 4.74 Å². The van der Waals surface area contributed by atoms with Crippen molar-refractivity contribution in [2.75, 3.05) is 32.8 Å². The zero-order valence-corrected chi connectivity index (χ0v) is 13.0. The van der Waals surface area contributed by atoms with Crippen LogP contribution in [0, 0.1) is 17.3 Å². The topological polar surface area (TPSA) is 38.5 Å². The first-order valence-electron chi connectivity index (χ1n) is 8.03. The monoisotopic (exact) mass is 268 g/mol. The SMILES string of the molecule is CC(C)(C)C1CCC(CN2CCOC(CN)C2)CC1. The maximum atomic E-state index is 5.71. The smallest absolute Gasteiger partial charge is 0.0824 e. The molecule has 2 rings (SSSR count). The minimum absolute atomic E-state index is 0.264. The van der Waals surface area contributed by atoms with E-state index in [1.54, 1.807) is 0 Å². The number of ether oxygens (including phenoxy) is 1. The van der Waals surface area contributed by atoms with Gasteiger partial charge in [0.25, 0.3) is 0 Å². The highest BCUT2D eigenvalue weighted by atomic mass is 16.5. The molecule has 1 atom stereocenters. The van der Waals surface area contributed by atoms with Crippen molar-refractivity contribution in [3.05, 3.63) is 0 Å². The first-order chi connectivity index (χ1) is 8.99. The molecule has 1 aliphatic carbocycles. The molecule has 1 heterocycles. The molecule has 1 saturated heterocycles. The van der Waals surface area contributed by atoms with Gasteiger partial charge in [0.1, 0.15) is 0 Å². The molecule has 0 aromatic heterocycles. The summed E-state index contributed by atoms with van der Waals surface area (Å²) in [6.07, 6.45) is 5.91. The Morgan fingerprint density at radius 3 is 2.42 bits per heavy atom. The summed E-state index contributed by atoms with van der Waals surface area (Å²) in [5.41, 5.74) is 6.21. The number of hydrogen-bond acceptors (Lipinski definition) is 3. The summed E-state index contributed by atoms with van der Waals surface area (Å²) in [4.78, 5) is 2.57. The van der Waals surface area contributed by atoms with Crippen LogP contribution in [-0.2, 0) is 4.74 Å². The van der Waals surface area contributed by atoms with Crippen LogP contribution in [0.15, 0.2) is 0 Å². The third kappa shape index (κ3) is 4.44. The van der Waals surface area contributed by atoms with Crippen LogP contribution >= 0.6 is 0 Å². The van der Waals surface area contributed by atoms with Gasteiger partial charge in [-0.05, 0) is 42.9 Å². The maximum Gasteiger partial charge on any atom is 0.0824 e. The summed E-state index contributed by atoms with van der Waals surface area (Å²) < 4.78 is 5.64. The second kappa shape index (κ2) is 6.55. The lowest BCUT2D eigenvalue weighted by atomic mass is 9.70. The van der Waals surface area contributed by atoms with Crippen LogP contribution in [0.25, 0.3) is 0 Å². The predicted molar refractivity (Wildman–Crippen MR) is 80.1 cm³/mol. The fraction of sp³-hybridized carbons (Fsp3) is 1.00. The molecular weight excluding hydrogens is 236 g/mol. The van der Waals surface area contributed by atoms with E-state index in [0.717, 1.165) is 31.5 Å². The Morgan fingerprint density at radius 1 is 1.16 bits per heavy atom. The summed E-state index contributed by atoms with van der Waals surface area (Å²) in [6.45, 7) is 12.1. The molecule has 2 aliphatic rings. The van der Waals surface area contributed by atoms with Crippen molar-refractivity contribution in [2.45, 2.75) is 52.6 Å². The van der Waals surface area contributed by atoms with Crippen LogP contribution in [0.1, 0.15) is 46.5 Å². The second-order valence-corrected chi connectivity index (χ2v) is 7.57. The van der Waals surface area contributed by atoms with Crippen molar-refractivity contribution in [3.8, 4) is 0 Å². The van der Waals surface area contributed by atoms with E-state index < -0.39 is 0 Å². The van der Waals surface area contributed by atoms with Crippen LogP contribution in [-0.4, -0.2) is 43.8 Å². The molecule has 2 N–H and O–H groups in total. The first-order valence-corrected chi connectivity index (χ1v) is 8.03. The van der Waals surface area contributed by atoms with Crippen molar-refractivity contribution in [1.29, 1.82) is 0 Å². The van der Waals surface area contributed by atoms with Crippen molar-refractivity contribution in [3.63, 3.8) is 0 Å². The highest BCUT2D eigenvalue weighted by molar-refractivity contribution is 4.83. The van der Waals surface area contributed by atoms with E-state index in [-0.39, 0.29) is 6.10 Å². The lowest BCUT2D eigenvalue weighted by Gasteiger charge is -2.40. The van der Waals surface area contributed by atoms with Gasteiger partial charge in [-0.3, -0.25) is 4.90 Å². The molecule has 0 aromatic rings. The summed E-state index contributed by atoms with van der Waals surface area (Å²) in [5, 5.41) is 0. The number of rotatable bonds is 3. The molecule has 0 aromatic carbocycles. The third-order valence-corrected chi connectivity index (χ3v) is 5.07. The van der Waals surface area contributed by atoms with E-state index in [2.05, 4.69) is 25.7 Å². The molecule has 0 amide bonds. The molecule has 19 heavy (non-hydrogen) atoms. The molecule has 2 fully saturated rings. The number of hydrogen-bond donors (Lipinski definition) is 1. The van der Waals surface area contributed by atoms with Crippen molar-refractivity contribution in [1.82, 2.24) is 4.90 Å². The molecular formula is C16H32N2O. The fourth-order valence-corrected chi connectivity index (χ4v) is 3.67. The molecule has 1 unspecified atom stereocenters. The average molecular weight is 268 g/mol. The molecule has 3 nitrogen and oxygen atoms in total. The Kier molecular flexibility index (Phi) is 5.27. The van der Waals surface area contributed by atoms with E-state index in [4.69, 9.17) is 10.5 Å².